The molecule has 1 saturated heterocycles. The molecule has 0 radical (unpaired) electrons. The lowest BCUT2D eigenvalue weighted by Gasteiger charge is -2.32. The highest BCUT2D eigenvalue weighted by Gasteiger charge is 2.21. The largest absolute Gasteiger partial charge is 0.383 e. The first-order valence-corrected chi connectivity index (χ1v) is 7.97. The number of carbonyl (C=O) groups is 1. The van der Waals surface area contributed by atoms with Gasteiger partial charge in [-0.15, -0.1) is 24.8 Å². The molecule has 0 saturated carbocycles. The van der Waals surface area contributed by atoms with Gasteiger partial charge in [-0.05, 0) is 37.4 Å². The van der Waals surface area contributed by atoms with Crippen LogP contribution in [0.3, 0.4) is 0 Å². The summed E-state index contributed by atoms with van der Waals surface area (Å²) in [4.78, 5) is 14.2. The second-order valence-corrected chi connectivity index (χ2v) is 6.01. The van der Waals surface area contributed by atoms with Gasteiger partial charge in [-0.25, -0.2) is 0 Å². The number of methoxy groups -OCH3 is 1. The molecule has 3 N–H and O–H groups in total. The molecule has 1 heterocycles. The van der Waals surface area contributed by atoms with Gasteiger partial charge in [-0.1, -0.05) is 30.3 Å². The molecule has 0 aromatic heterocycles. The number of carbonyl (C=O) groups excluding carboxylic acids is 1. The minimum Gasteiger partial charge on any atom is -0.383 e. The average Bonchev–Trinajstić information content (AvgIpc) is 2.55. The van der Waals surface area contributed by atoms with E-state index >= 15 is 0 Å². The van der Waals surface area contributed by atoms with E-state index in [9.17, 15) is 4.79 Å². The Balaban J connectivity index is 0.00000264. The van der Waals surface area contributed by atoms with Crippen LogP contribution in [-0.2, 0) is 16.1 Å². The normalized spacial score (nSPS) is 16.6. The van der Waals surface area contributed by atoms with E-state index in [0.717, 1.165) is 39.0 Å². The van der Waals surface area contributed by atoms with Crippen LogP contribution in [0.15, 0.2) is 30.3 Å². The Morgan fingerprint density at radius 3 is 2.50 bits per heavy atom. The van der Waals surface area contributed by atoms with Crippen molar-refractivity contribution in [2.24, 2.45) is 11.7 Å². The summed E-state index contributed by atoms with van der Waals surface area (Å²) >= 11 is 0. The lowest BCUT2D eigenvalue weighted by atomic mass is 9.96. The van der Waals surface area contributed by atoms with Crippen LogP contribution in [0, 0.1) is 5.92 Å². The number of rotatable bonds is 7. The molecular weight excluding hydrogens is 349 g/mol. The number of ether oxygens (including phenoxy) is 1. The van der Waals surface area contributed by atoms with Crippen molar-refractivity contribution < 1.29 is 9.53 Å². The zero-order valence-corrected chi connectivity index (χ0v) is 15.8. The third-order valence-electron chi connectivity index (χ3n) is 4.20. The molecule has 1 amide bonds. The van der Waals surface area contributed by atoms with E-state index in [1.165, 1.54) is 5.56 Å². The van der Waals surface area contributed by atoms with Crippen LogP contribution in [0.4, 0.5) is 0 Å². The first-order chi connectivity index (χ1) is 10.7. The number of nitrogens with one attached hydrogen (secondary N) is 1. The summed E-state index contributed by atoms with van der Waals surface area (Å²) < 4.78 is 4.89. The fourth-order valence-corrected chi connectivity index (χ4v) is 2.82. The van der Waals surface area contributed by atoms with Gasteiger partial charge in [0.15, 0.2) is 0 Å². The quantitative estimate of drug-likeness (QED) is 0.760. The number of hydrogen-bond acceptors (Lipinski definition) is 4. The Labute approximate surface area is 157 Å². The molecule has 0 aliphatic carbocycles. The molecule has 1 aliphatic heterocycles. The summed E-state index contributed by atoms with van der Waals surface area (Å²) in [5.74, 6) is 0.430. The zero-order chi connectivity index (χ0) is 15.8. The number of benzene rings is 1. The molecule has 1 aromatic rings. The summed E-state index contributed by atoms with van der Waals surface area (Å²) in [5, 5.41) is 2.94. The Hall–Kier alpha value is -0.850. The number of halogens is 2. The minimum absolute atomic E-state index is 0. The maximum atomic E-state index is 11.8. The summed E-state index contributed by atoms with van der Waals surface area (Å²) in [6.07, 6.45) is 2.24. The summed E-state index contributed by atoms with van der Waals surface area (Å²) in [6, 6.07) is 9.99. The van der Waals surface area contributed by atoms with Gasteiger partial charge < -0.3 is 15.8 Å². The van der Waals surface area contributed by atoms with Gasteiger partial charge in [-0.3, -0.25) is 9.69 Å². The first kappa shape index (κ1) is 23.1. The van der Waals surface area contributed by atoms with Gasteiger partial charge in [0.1, 0.15) is 6.04 Å². The number of piperidine rings is 1. The van der Waals surface area contributed by atoms with Crippen molar-refractivity contribution in [2.45, 2.75) is 25.4 Å². The van der Waals surface area contributed by atoms with Crippen molar-refractivity contribution >= 4 is 30.7 Å². The molecule has 1 aliphatic rings. The van der Waals surface area contributed by atoms with E-state index in [0.29, 0.717) is 5.92 Å². The molecule has 7 heteroatoms. The van der Waals surface area contributed by atoms with Crippen molar-refractivity contribution in [3.05, 3.63) is 35.9 Å². The van der Waals surface area contributed by atoms with Crippen LogP contribution in [0.1, 0.15) is 18.4 Å². The molecule has 24 heavy (non-hydrogen) atoms. The monoisotopic (exact) mass is 377 g/mol. The maximum Gasteiger partial charge on any atom is 0.239 e. The Bertz CT molecular complexity index is 454. The first-order valence-electron chi connectivity index (χ1n) is 7.97. The van der Waals surface area contributed by atoms with E-state index in [2.05, 4.69) is 34.5 Å². The fraction of sp³-hybridized carbons (Fsp3) is 0.588. The van der Waals surface area contributed by atoms with Crippen LogP contribution in [0.25, 0.3) is 0 Å². The van der Waals surface area contributed by atoms with Crippen LogP contribution < -0.4 is 11.1 Å². The lowest BCUT2D eigenvalue weighted by Crippen LogP contribution is -2.46. The third-order valence-corrected chi connectivity index (χ3v) is 4.20. The van der Waals surface area contributed by atoms with Gasteiger partial charge in [0.05, 0.1) is 6.61 Å². The maximum absolute atomic E-state index is 11.8. The Morgan fingerprint density at radius 1 is 1.29 bits per heavy atom. The predicted octanol–water partition coefficient (Wildman–Crippen LogP) is 1.83. The van der Waals surface area contributed by atoms with Crippen molar-refractivity contribution in [1.29, 1.82) is 0 Å². The van der Waals surface area contributed by atoms with Crippen LogP contribution >= 0.6 is 24.8 Å². The second kappa shape index (κ2) is 12.5. The van der Waals surface area contributed by atoms with Gasteiger partial charge in [0, 0.05) is 20.2 Å². The predicted molar refractivity (Wildman–Crippen MR) is 102 cm³/mol. The molecule has 5 nitrogen and oxygen atoms in total. The number of amides is 1. The highest BCUT2D eigenvalue weighted by molar-refractivity contribution is 5.85. The zero-order valence-electron chi connectivity index (χ0n) is 14.1. The molecule has 0 bridgehead atoms. The van der Waals surface area contributed by atoms with Crippen LogP contribution in [-0.4, -0.2) is 50.2 Å². The van der Waals surface area contributed by atoms with Crippen LogP contribution in [0.5, 0.6) is 0 Å². The van der Waals surface area contributed by atoms with Crippen molar-refractivity contribution in [2.75, 3.05) is 33.4 Å². The van der Waals surface area contributed by atoms with Crippen molar-refractivity contribution in [3.8, 4) is 0 Å². The molecule has 138 valence electrons. The van der Waals surface area contributed by atoms with Gasteiger partial charge in [0.25, 0.3) is 0 Å². The van der Waals surface area contributed by atoms with Crippen molar-refractivity contribution in [3.63, 3.8) is 0 Å². The average molecular weight is 378 g/mol. The van der Waals surface area contributed by atoms with Crippen LogP contribution in [0.2, 0.25) is 0 Å². The third kappa shape index (κ3) is 7.81. The molecule has 2 rings (SSSR count). The van der Waals surface area contributed by atoms with Gasteiger partial charge in [-0.2, -0.15) is 0 Å². The van der Waals surface area contributed by atoms with E-state index in [1.807, 2.05) is 6.07 Å². The second-order valence-electron chi connectivity index (χ2n) is 6.01. The van der Waals surface area contributed by atoms with E-state index < -0.39 is 6.04 Å². The van der Waals surface area contributed by atoms with E-state index in [-0.39, 0.29) is 37.3 Å². The van der Waals surface area contributed by atoms with Gasteiger partial charge >= 0.3 is 0 Å². The standard InChI is InChI=1S/C17H27N3O2.2ClH/c1-22-13-16(18)17(21)19-11-14-7-9-20(10-8-14)12-15-5-3-2-4-6-15;;/h2-6,14,16H,7-13,18H2,1H3,(H,19,21);2*1H. The van der Waals surface area contributed by atoms with E-state index in [4.69, 9.17) is 10.5 Å². The molecule has 1 fully saturated rings. The summed E-state index contributed by atoms with van der Waals surface area (Å²) in [6.45, 7) is 4.16. The van der Waals surface area contributed by atoms with E-state index in [1.54, 1.807) is 7.11 Å². The van der Waals surface area contributed by atoms with Gasteiger partial charge in [0.2, 0.25) is 5.91 Å². The highest BCUT2D eigenvalue weighted by Crippen LogP contribution is 2.18. The number of likely N-dealkylation sites (tertiary alicyclic amines) is 1. The number of nitrogens with zero attached hydrogens (tertiary/aromatic N) is 1. The number of hydrogen-bond donors (Lipinski definition) is 2. The molecule has 1 aromatic carbocycles. The topological polar surface area (TPSA) is 67.6 Å². The highest BCUT2D eigenvalue weighted by atomic mass is 35.5. The molecule has 1 atom stereocenters. The number of nitrogens with two attached hydrogens (primary N) is 1. The molecular formula is C17H29Cl2N3O2. The lowest BCUT2D eigenvalue weighted by molar-refractivity contribution is -0.123. The molecule has 1 unspecified atom stereocenters. The fourth-order valence-electron chi connectivity index (χ4n) is 2.82. The summed E-state index contributed by atoms with van der Waals surface area (Å²) in [7, 11) is 1.55. The minimum atomic E-state index is -0.567. The summed E-state index contributed by atoms with van der Waals surface area (Å²) in [5.41, 5.74) is 7.07. The van der Waals surface area contributed by atoms with Crippen molar-refractivity contribution in [1.82, 2.24) is 10.2 Å². The molecule has 0 spiro atoms. The Morgan fingerprint density at radius 2 is 1.92 bits per heavy atom. The SMILES string of the molecule is COCC(N)C(=O)NCC1CCN(Cc2ccccc2)CC1.Cl.Cl. The Kier molecular flexibility index (Phi) is 12.1. The smallest absolute Gasteiger partial charge is 0.239 e.